The number of hydrogen-bond acceptors (Lipinski definition) is 7. The average Bonchev–Trinajstić information content (AvgIpc) is 2.15. The lowest BCUT2D eigenvalue weighted by molar-refractivity contribution is -0.206. The van der Waals surface area contributed by atoms with E-state index < -0.39 is 36.5 Å². The van der Waals surface area contributed by atoms with Gasteiger partial charge in [0.15, 0.2) is 5.44 Å². The Kier molecular flexibility index (Phi) is 3.92. The van der Waals surface area contributed by atoms with Crippen LogP contribution >= 0.6 is 12.0 Å². The number of aliphatic hydroxyl groups excluding tert-OH is 4. The van der Waals surface area contributed by atoms with Crippen LogP contribution in [-0.4, -0.2) is 61.4 Å². The lowest BCUT2D eigenvalue weighted by Gasteiger charge is -2.38. The molecule has 1 aliphatic heterocycles. The summed E-state index contributed by atoms with van der Waals surface area (Å²) < 4.78 is 13.5. The molecule has 5 atom stereocenters. The maximum atomic E-state index is 9.24. The molecule has 78 valence electrons. The van der Waals surface area contributed by atoms with Crippen LogP contribution in [0.2, 0.25) is 0 Å². The number of rotatable bonds is 2. The molecule has 1 aliphatic rings. The van der Waals surface area contributed by atoms with Crippen molar-refractivity contribution in [2.75, 3.05) is 6.61 Å². The Bertz CT molecular complexity index is 147. The van der Waals surface area contributed by atoms with Gasteiger partial charge in [-0.2, -0.15) is 0 Å². The van der Waals surface area contributed by atoms with Crippen molar-refractivity contribution in [1.29, 1.82) is 0 Å². The first-order chi connectivity index (χ1) is 6.11. The molecule has 5 N–H and O–H groups in total. The van der Waals surface area contributed by atoms with Crippen molar-refractivity contribution in [3.63, 3.8) is 0 Å². The fourth-order valence-electron chi connectivity index (χ4n) is 1.15. The third-order valence-corrected chi connectivity index (χ3v) is 2.55. The van der Waals surface area contributed by atoms with E-state index in [1.807, 2.05) is 0 Å². The Hall–Kier alpha value is 0.110. The zero-order chi connectivity index (χ0) is 10.0. The van der Waals surface area contributed by atoms with Crippen LogP contribution in [-0.2, 0) is 4.74 Å². The van der Waals surface area contributed by atoms with Crippen LogP contribution < -0.4 is 0 Å². The minimum Gasteiger partial charge on any atom is -0.394 e. The van der Waals surface area contributed by atoms with Crippen LogP contribution in [0.1, 0.15) is 0 Å². The summed E-state index contributed by atoms with van der Waals surface area (Å²) in [6.45, 7) is -0.484. The minimum absolute atomic E-state index is 0.224. The molecule has 6 nitrogen and oxygen atoms in total. The van der Waals surface area contributed by atoms with Gasteiger partial charge in [-0.05, 0) is 0 Å². The molecule has 1 rings (SSSR count). The van der Waals surface area contributed by atoms with E-state index in [0.717, 1.165) is 0 Å². The zero-order valence-corrected chi connectivity index (χ0v) is 7.46. The molecule has 0 aromatic heterocycles. The molecule has 3 unspecified atom stereocenters. The standard InChI is InChI=1S/C6H12O6S/c7-1-2-3(8)4(9)5(10)6(12-2)13-11/h2-11H,1H2/t2?,3-,4?,5?,6-/m1/s1. The molecule has 0 aromatic carbocycles. The smallest absolute Gasteiger partial charge is 0.157 e. The first-order valence-electron chi connectivity index (χ1n) is 3.72. The molecule has 13 heavy (non-hydrogen) atoms. The highest BCUT2D eigenvalue weighted by Gasteiger charge is 2.43. The summed E-state index contributed by atoms with van der Waals surface area (Å²) in [6, 6.07) is 0. The highest BCUT2D eigenvalue weighted by molar-refractivity contribution is 7.94. The maximum Gasteiger partial charge on any atom is 0.157 e. The average molecular weight is 212 g/mol. The van der Waals surface area contributed by atoms with Crippen molar-refractivity contribution in [2.45, 2.75) is 29.9 Å². The van der Waals surface area contributed by atoms with Crippen molar-refractivity contribution in [2.24, 2.45) is 0 Å². The lowest BCUT2D eigenvalue weighted by Crippen LogP contribution is -2.57. The molecule has 0 aliphatic carbocycles. The predicted octanol–water partition coefficient (Wildman–Crippen LogP) is -2.01. The Balaban J connectivity index is 2.66. The Labute approximate surface area is 79.0 Å². The largest absolute Gasteiger partial charge is 0.394 e. The first kappa shape index (κ1) is 11.2. The predicted molar refractivity (Wildman–Crippen MR) is 44.0 cm³/mol. The molecule has 0 amide bonds. The second kappa shape index (κ2) is 4.56. The number of hydrogen-bond donors (Lipinski definition) is 5. The van der Waals surface area contributed by atoms with E-state index >= 15 is 0 Å². The molecule has 0 radical (unpaired) electrons. The summed E-state index contributed by atoms with van der Waals surface area (Å²) >= 11 is 0.224. The van der Waals surface area contributed by atoms with Gasteiger partial charge in [0.2, 0.25) is 0 Å². The van der Waals surface area contributed by atoms with Crippen molar-refractivity contribution >= 4 is 12.0 Å². The first-order valence-corrected chi connectivity index (χ1v) is 4.56. The van der Waals surface area contributed by atoms with Gasteiger partial charge >= 0.3 is 0 Å². The molecule has 0 aromatic rings. The van der Waals surface area contributed by atoms with Gasteiger partial charge in [0.25, 0.3) is 0 Å². The second-order valence-corrected chi connectivity index (χ2v) is 3.48. The van der Waals surface area contributed by atoms with Gasteiger partial charge < -0.3 is 29.7 Å². The lowest BCUT2D eigenvalue weighted by atomic mass is 10.0. The van der Waals surface area contributed by atoms with Gasteiger partial charge in [0, 0.05) is 12.0 Å². The fourth-order valence-corrected chi connectivity index (χ4v) is 1.63. The van der Waals surface area contributed by atoms with Crippen LogP contribution in [0, 0.1) is 0 Å². The summed E-state index contributed by atoms with van der Waals surface area (Å²) in [5, 5.41) is 36.4. The Morgan fingerprint density at radius 1 is 1.08 bits per heavy atom. The fraction of sp³-hybridized carbons (Fsp3) is 1.00. The molecular weight excluding hydrogens is 200 g/mol. The van der Waals surface area contributed by atoms with Crippen LogP contribution in [0.5, 0.6) is 0 Å². The molecule has 0 spiro atoms. The molecule has 1 saturated heterocycles. The molecule has 7 heteroatoms. The number of aliphatic hydroxyl groups is 4. The third kappa shape index (κ3) is 2.13. The summed E-state index contributed by atoms with van der Waals surface area (Å²) in [5.41, 5.74) is -1.05. The molecule has 1 heterocycles. The van der Waals surface area contributed by atoms with Gasteiger partial charge in [-0.3, -0.25) is 0 Å². The summed E-state index contributed by atoms with van der Waals surface area (Å²) in [4.78, 5) is 0. The topological polar surface area (TPSA) is 110 Å². The van der Waals surface area contributed by atoms with E-state index in [1.54, 1.807) is 0 Å². The van der Waals surface area contributed by atoms with E-state index in [9.17, 15) is 15.3 Å². The van der Waals surface area contributed by atoms with E-state index in [2.05, 4.69) is 0 Å². The van der Waals surface area contributed by atoms with E-state index in [4.69, 9.17) is 14.4 Å². The van der Waals surface area contributed by atoms with Crippen LogP contribution in [0.25, 0.3) is 0 Å². The number of ether oxygens (including phenoxy) is 1. The van der Waals surface area contributed by atoms with E-state index in [1.165, 1.54) is 0 Å². The van der Waals surface area contributed by atoms with Gasteiger partial charge in [-0.15, -0.1) is 0 Å². The second-order valence-electron chi connectivity index (χ2n) is 2.80. The molecule has 0 bridgehead atoms. The zero-order valence-electron chi connectivity index (χ0n) is 6.65. The highest BCUT2D eigenvalue weighted by Crippen LogP contribution is 2.26. The van der Waals surface area contributed by atoms with Crippen LogP contribution in [0.3, 0.4) is 0 Å². The van der Waals surface area contributed by atoms with E-state index in [0.29, 0.717) is 0 Å². The Morgan fingerprint density at radius 3 is 2.15 bits per heavy atom. The van der Waals surface area contributed by atoms with Crippen molar-refractivity contribution < 1.29 is 29.7 Å². The molecular formula is C6H12O6S. The minimum atomic E-state index is -1.42. The van der Waals surface area contributed by atoms with Gasteiger partial charge in [0.05, 0.1) is 6.61 Å². The summed E-state index contributed by atoms with van der Waals surface area (Å²) in [7, 11) is 0. The normalized spacial score (nSPS) is 46.4. The van der Waals surface area contributed by atoms with E-state index in [-0.39, 0.29) is 12.0 Å². The molecule has 0 saturated carbocycles. The SMILES string of the molecule is OCC1O[C@H](SO)C(O)C(O)[C@@H]1O. The van der Waals surface area contributed by atoms with Crippen molar-refractivity contribution in [3.8, 4) is 0 Å². The quantitative estimate of drug-likeness (QED) is 0.336. The maximum absolute atomic E-state index is 9.24. The molecule has 1 fully saturated rings. The van der Waals surface area contributed by atoms with Gasteiger partial charge in [-0.25, -0.2) is 0 Å². The summed E-state index contributed by atoms with van der Waals surface area (Å²) in [6.07, 6.45) is -5.12. The van der Waals surface area contributed by atoms with Crippen molar-refractivity contribution in [3.05, 3.63) is 0 Å². The Morgan fingerprint density at radius 2 is 1.69 bits per heavy atom. The summed E-state index contributed by atoms with van der Waals surface area (Å²) in [5.74, 6) is 0. The van der Waals surface area contributed by atoms with Gasteiger partial charge in [0.1, 0.15) is 24.4 Å². The third-order valence-electron chi connectivity index (χ3n) is 1.95. The monoisotopic (exact) mass is 212 g/mol. The van der Waals surface area contributed by atoms with Crippen molar-refractivity contribution in [1.82, 2.24) is 0 Å². The highest BCUT2D eigenvalue weighted by atomic mass is 32.2. The van der Waals surface area contributed by atoms with Crippen LogP contribution in [0.15, 0.2) is 0 Å². The van der Waals surface area contributed by atoms with Crippen LogP contribution in [0.4, 0.5) is 0 Å². The van der Waals surface area contributed by atoms with Gasteiger partial charge in [-0.1, -0.05) is 0 Å².